The standard InChI is InChI=1S/C11H13NO3/c1-7(13)8-3-2-4-10(11(14)15)9(8)5-6-12/h2-4H,5-6,12H2,1H3,(H,14,15). The number of benzene rings is 1. The summed E-state index contributed by atoms with van der Waals surface area (Å²) in [7, 11) is 0. The fourth-order valence-corrected chi connectivity index (χ4v) is 1.53. The van der Waals surface area contributed by atoms with Crippen molar-refractivity contribution in [1.29, 1.82) is 0 Å². The molecule has 0 aliphatic rings. The van der Waals surface area contributed by atoms with Gasteiger partial charge in [0.1, 0.15) is 0 Å². The smallest absolute Gasteiger partial charge is 0.335 e. The van der Waals surface area contributed by atoms with Gasteiger partial charge in [-0.1, -0.05) is 12.1 Å². The summed E-state index contributed by atoms with van der Waals surface area (Å²) in [5, 5.41) is 8.95. The predicted molar refractivity (Wildman–Crippen MR) is 56.2 cm³/mol. The Morgan fingerprint density at radius 3 is 2.40 bits per heavy atom. The van der Waals surface area contributed by atoms with Gasteiger partial charge in [0.2, 0.25) is 0 Å². The molecule has 0 aromatic heterocycles. The van der Waals surface area contributed by atoms with Crippen molar-refractivity contribution >= 4 is 11.8 Å². The molecule has 1 aromatic carbocycles. The van der Waals surface area contributed by atoms with Gasteiger partial charge >= 0.3 is 5.97 Å². The van der Waals surface area contributed by atoms with E-state index in [0.29, 0.717) is 24.1 Å². The fourth-order valence-electron chi connectivity index (χ4n) is 1.53. The summed E-state index contributed by atoms with van der Waals surface area (Å²) < 4.78 is 0. The number of nitrogens with two attached hydrogens (primary N) is 1. The van der Waals surface area contributed by atoms with Crippen molar-refractivity contribution in [3.63, 3.8) is 0 Å². The zero-order chi connectivity index (χ0) is 11.4. The van der Waals surface area contributed by atoms with Gasteiger partial charge in [-0.2, -0.15) is 0 Å². The van der Waals surface area contributed by atoms with Gasteiger partial charge in [0, 0.05) is 5.56 Å². The highest BCUT2D eigenvalue weighted by molar-refractivity contribution is 5.99. The minimum atomic E-state index is -1.03. The topological polar surface area (TPSA) is 80.4 Å². The van der Waals surface area contributed by atoms with Gasteiger partial charge in [-0.3, -0.25) is 4.79 Å². The summed E-state index contributed by atoms with van der Waals surface area (Å²) in [6, 6.07) is 4.68. The number of carboxylic acid groups (broad SMARTS) is 1. The van der Waals surface area contributed by atoms with E-state index in [1.54, 1.807) is 12.1 Å². The zero-order valence-electron chi connectivity index (χ0n) is 8.49. The second-order valence-electron chi connectivity index (χ2n) is 3.23. The molecule has 0 amide bonds. The van der Waals surface area contributed by atoms with E-state index in [4.69, 9.17) is 10.8 Å². The van der Waals surface area contributed by atoms with Crippen LogP contribution in [0.3, 0.4) is 0 Å². The lowest BCUT2D eigenvalue weighted by Crippen LogP contribution is -2.13. The molecule has 0 aliphatic carbocycles. The Morgan fingerprint density at radius 1 is 1.33 bits per heavy atom. The van der Waals surface area contributed by atoms with Crippen molar-refractivity contribution in [1.82, 2.24) is 0 Å². The normalized spacial score (nSPS) is 10.0. The van der Waals surface area contributed by atoms with E-state index in [1.807, 2.05) is 0 Å². The zero-order valence-corrected chi connectivity index (χ0v) is 8.49. The Kier molecular flexibility index (Phi) is 3.57. The third-order valence-electron chi connectivity index (χ3n) is 2.18. The summed E-state index contributed by atoms with van der Waals surface area (Å²) in [5.74, 6) is -1.16. The van der Waals surface area contributed by atoms with E-state index in [9.17, 15) is 9.59 Å². The molecule has 4 heteroatoms. The second kappa shape index (κ2) is 4.70. The van der Waals surface area contributed by atoms with Crippen LogP contribution < -0.4 is 5.73 Å². The Bertz CT molecular complexity index is 367. The molecule has 80 valence electrons. The fraction of sp³-hybridized carbons (Fsp3) is 0.273. The predicted octanol–water partition coefficient (Wildman–Crippen LogP) is 1.09. The van der Waals surface area contributed by atoms with Crippen LogP contribution in [0.15, 0.2) is 18.2 Å². The second-order valence-corrected chi connectivity index (χ2v) is 3.23. The maximum Gasteiger partial charge on any atom is 0.335 e. The lowest BCUT2D eigenvalue weighted by molar-refractivity contribution is 0.0695. The van der Waals surface area contributed by atoms with E-state index in [0.717, 1.165) is 0 Å². The van der Waals surface area contributed by atoms with Gasteiger partial charge in [0.15, 0.2) is 5.78 Å². The van der Waals surface area contributed by atoms with Crippen molar-refractivity contribution in [3.05, 3.63) is 34.9 Å². The van der Waals surface area contributed by atoms with Crippen LogP contribution >= 0.6 is 0 Å². The molecular weight excluding hydrogens is 194 g/mol. The van der Waals surface area contributed by atoms with Crippen molar-refractivity contribution in [2.75, 3.05) is 6.54 Å². The van der Waals surface area contributed by atoms with Crippen LogP contribution in [-0.2, 0) is 6.42 Å². The number of carbonyl (C=O) groups is 2. The van der Waals surface area contributed by atoms with Gasteiger partial charge in [0.25, 0.3) is 0 Å². The van der Waals surface area contributed by atoms with Crippen molar-refractivity contribution in [2.24, 2.45) is 5.73 Å². The van der Waals surface area contributed by atoms with Gasteiger partial charge in [-0.25, -0.2) is 4.79 Å². The summed E-state index contributed by atoms with van der Waals surface area (Å²) >= 11 is 0. The molecule has 0 heterocycles. The molecule has 0 bridgehead atoms. The summed E-state index contributed by atoms with van der Waals surface area (Å²) in [4.78, 5) is 22.2. The van der Waals surface area contributed by atoms with Crippen LogP contribution in [-0.4, -0.2) is 23.4 Å². The van der Waals surface area contributed by atoms with Crippen LogP contribution in [0.1, 0.15) is 33.2 Å². The van der Waals surface area contributed by atoms with E-state index in [1.165, 1.54) is 13.0 Å². The number of hydrogen-bond acceptors (Lipinski definition) is 3. The lowest BCUT2D eigenvalue weighted by Gasteiger charge is -2.09. The minimum absolute atomic E-state index is 0.137. The summed E-state index contributed by atoms with van der Waals surface area (Å²) in [5.41, 5.74) is 6.53. The van der Waals surface area contributed by atoms with Crippen molar-refractivity contribution in [3.8, 4) is 0 Å². The van der Waals surface area contributed by atoms with E-state index >= 15 is 0 Å². The number of aromatic carboxylic acids is 1. The third kappa shape index (κ3) is 2.41. The number of hydrogen-bond donors (Lipinski definition) is 2. The average molecular weight is 207 g/mol. The first-order chi connectivity index (χ1) is 7.07. The summed E-state index contributed by atoms with van der Waals surface area (Å²) in [6.07, 6.45) is 0.400. The lowest BCUT2D eigenvalue weighted by atomic mass is 9.96. The van der Waals surface area contributed by atoms with Crippen molar-refractivity contribution in [2.45, 2.75) is 13.3 Å². The van der Waals surface area contributed by atoms with Gasteiger partial charge in [-0.15, -0.1) is 0 Å². The van der Waals surface area contributed by atoms with Crippen LogP contribution in [0.25, 0.3) is 0 Å². The molecule has 0 fully saturated rings. The average Bonchev–Trinajstić information content (AvgIpc) is 2.17. The Morgan fingerprint density at radius 2 is 1.93 bits per heavy atom. The largest absolute Gasteiger partial charge is 0.478 e. The molecule has 3 N–H and O–H groups in total. The highest BCUT2D eigenvalue weighted by Crippen LogP contribution is 2.16. The Labute approximate surface area is 87.7 Å². The molecule has 1 aromatic rings. The minimum Gasteiger partial charge on any atom is -0.478 e. The third-order valence-corrected chi connectivity index (χ3v) is 2.18. The first kappa shape index (κ1) is 11.4. The monoisotopic (exact) mass is 207 g/mol. The molecule has 0 saturated carbocycles. The first-order valence-electron chi connectivity index (χ1n) is 4.64. The van der Waals surface area contributed by atoms with Crippen LogP contribution in [0.5, 0.6) is 0 Å². The summed E-state index contributed by atoms with van der Waals surface area (Å²) in [6.45, 7) is 1.74. The molecule has 0 atom stereocenters. The van der Waals surface area contributed by atoms with Crippen molar-refractivity contribution < 1.29 is 14.7 Å². The highest BCUT2D eigenvalue weighted by atomic mass is 16.4. The van der Waals surface area contributed by atoms with E-state index in [-0.39, 0.29) is 11.3 Å². The molecule has 1 rings (SSSR count). The van der Waals surface area contributed by atoms with Gasteiger partial charge in [0.05, 0.1) is 5.56 Å². The van der Waals surface area contributed by atoms with Crippen LogP contribution in [0, 0.1) is 0 Å². The van der Waals surface area contributed by atoms with Crippen LogP contribution in [0.4, 0.5) is 0 Å². The number of Topliss-reactive ketones (excluding diaryl/α,β-unsaturated/α-hetero) is 1. The molecule has 15 heavy (non-hydrogen) atoms. The van der Waals surface area contributed by atoms with E-state index in [2.05, 4.69) is 0 Å². The quantitative estimate of drug-likeness (QED) is 0.724. The Balaban J connectivity index is 3.34. The van der Waals surface area contributed by atoms with Gasteiger partial charge in [-0.05, 0) is 31.5 Å². The molecule has 0 radical (unpaired) electrons. The Hall–Kier alpha value is -1.68. The maximum absolute atomic E-state index is 11.3. The number of ketones is 1. The molecular formula is C11H13NO3. The molecule has 4 nitrogen and oxygen atoms in total. The SMILES string of the molecule is CC(=O)c1cccc(C(=O)O)c1CCN. The number of carboxylic acids is 1. The number of carbonyl (C=O) groups excluding carboxylic acids is 1. The molecule has 0 unspecified atom stereocenters. The van der Waals surface area contributed by atoms with Gasteiger partial charge < -0.3 is 10.8 Å². The molecule has 0 saturated heterocycles. The highest BCUT2D eigenvalue weighted by Gasteiger charge is 2.15. The van der Waals surface area contributed by atoms with E-state index < -0.39 is 5.97 Å². The first-order valence-corrected chi connectivity index (χ1v) is 4.64. The maximum atomic E-state index is 11.3. The molecule has 0 spiro atoms. The number of rotatable bonds is 4. The van der Waals surface area contributed by atoms with Crippen LogP contribution in [0.2, 0.25) is 0 Å². The molecule has 0 aliphatic heterocycles.